The molecule has 2 amide bonds. The zero-order valence-electron chi connectivity index (χ0n) is 15.7. The Balaban J connectivity index is 1.71. The largest absolute Gasteiger partial charge is 0.379 e. The minimum absolute atomic E-state index is 0.0972. The Bertz CT molecular complexity index is 503. The highest BCUT2D eigenvalue weighted by Crippen LogP contribution is 2.06. The molecule has 0 saturated carbocycles. The topological polar surface area (TPSA) is 56.8 Å². The van der Waals surface area contributed by atoms with Gasteiger partial charge < -0.3 is 20.3 Å². The van der Waals surface area contributed by atoms with Gasteiger partial charge in [0.2, 0.25) is 0 Å². The summed E-state index contributed by atoms with van der Waals surface area (Å²) in [6.45, 7) is 6.84. The highest BCUT2D eigenvalue weighted by atomic mass is 16.5. The van der Waals surface area contributed by atoms with E-state index >= 15 is 0 Å². The first-order valence-electron chi connectivity index (χ1n) is 9.10. The molecule has 6 heteroatoms. The number of benzene rings is 1. The van der Waals surface area contributed by atoms with E-state index in [0.29, 0.717) is 19.1 Å². The summed E-state index contributed by atoms with van der Waals surface area (Å²) < 4.78 is 5.37. The molecule has 1 fully saturated rings. The maximum absolute atomic E-state index is 12.1. The summed E-state index contributed by atoms with van der Waals surface area (Å²) in [4.78, 5) is 16.6. The van der Waals surface area contributed by atoms with E-state index in [1.165, 1.54) is 5.56 Å². The van der Waals surface area contributed by atoms with Crippen molar-refractivity contribution in [1.82, 2.24) is 20.4 Å². The van der Waals surface area contributed by atoms with Crippen LogP contribution in [-0.4, -0.2) is 81.4 Å². The average Bonchev–Trinajstić information content (AvgIpc) is 2.64. The van der Waals surface area contributed by atoms with E-state index in [2.05, 4.69) is 51.6 Å². The minimum Gasteiger partial charge on any atom is -0.379 e. The number of hydrogen-bond acceptors (Lipinski definition) is 4. The van der Waals surface area contributed by atoms with Crippen LogP contribution >= 0.6 is 0 Å². The number of ether oxygens (including phenoxy) is 1. The van der Waals surface area contributed by atoms with Crippen LogP contribution in [0, 0.1) is 0 Å². The SMILES string of the molecule is CC(CNC(=O)NCC(Cc1ccccc1)N(C)C)N1CCOCC1. The quantitative estimate of drug-likeness (QED) is 0.741. The van der Waals surface area contributed by atoms with Crippen LogP contribution in [0.3, 0.4) is 0 Å². The molecule has 2 atom stereocenters. The highest BCUT2D eigenvalue weighted by molar-refractivity contribution is 5.73. The lowest BCUT2D eigenvalue weighted by Gasteiger charge is -2.32. The van der Waals surface area contributed by atoms with Gasteiger partial charge in [0.25, 0.3) is 0 Å². The van der Waals surface area contributed by atoms with Gasteiger partial charge in [-0.25, -0.2) is 4.79 Å². The van der Waals surface area contributed by atoms with Gasteiger partial charge in [-0.2, -0.15) is 0 Å². The monoisotopic (exact) mass is 348 g/mol. The van der Waals surface area contributed by atoms with Crippen LogP contribution in [0.5, 0.6) is 0 Å². The first-order valence-corrected chi connectivity index (χ1v) is 9.10. The van der Waals surface area contributed by atoms with Gasteiger partial charge in [0, 0.05) is 38.3 Å². The summed E-state index contributed by atoms with van der Waals surface area (Å²) in [5.74, 6) is 0. The number of amides is 2. The third-order valence-corrected chi connectivity index (χ3v) is 4.77. The molecule has 140 valence electrons. The Labute approximate surface area is 151 Å². The molecule has 0 aromatic heterocycles. The van der Waals surface area contributed by atoms with Crippen LogP contribution in [0.4, 0.5) is 4.79 Å². The average molecular weight is 348 g/mol. The van der Waals surface area contributed by atoms with Crippen molar-refractivity contribution in [1.29, 1.82) is 0 Å². The van der Waals surface area contributed by atoms with Gasteiger partial charge in [-0.15, -0.1) is 0 Å². The Kier molecular flexibility index (Phi) is 8.18. The first-order chi connectivity index (χ1) is 12.1. The van der Waals surface area contributed by atoms with Crippen molar-refractivity contribution in [2.24, 2.45) is 0 Å². The lowest BCUT2D eigenvalue weighted by atomic mass is 10.1. The fraction of sp³-hybridized carbons (Fsp3) is 0.632. The maximum atomic E-state index is 12.1. The Hall–Kier alpha value is -1.63. The Morgan fingerprint density at radius 2 is 1.80 bits per heavy atom. The van der Waals surface area contributed by atoms with Crippen molar-refractivity contribution >= 4 is 6.03 Å². The molecule has 0 bridgehead atoms. The normalized spacial score (nSPS) is 17.9. The van der Waals surface area contributed by atoms with Crippen LogP contribution in [0.15, 0.2) is 30.3 Å². The number of urea groups is 1. The van der Waals surface area contributed by atoms with Gasteiger partial charge in [-0.1, -0.05) is 30.3 Å². The standard InChI is InChI=1S/C19H32N4O2/c1-16(23-9-11-25-12-10-23)14-20-19(24)21-15-18(22(2)3)13-17-7-5-4-6-8-17/h4-8,16,18H,9-15H2,1-3H3,(H2,20,21,24). The molecule has 1 aliphatic heterocycles. The summed E-state index contributed by atoms with van der Waals surface area (Å²) in [6.07, 6.45) is 0.915. The Morgan fingerprint density at radius 3 is 2.44 bits per heavy atom. The first kappa shape index (κ1) is 19.7. The number of morpholine rings is 1. The van der Waals surface area contributed by atoms with Crippen molar-refractivity contribution in [3.05, 3.63) is 35.9 Å². The second kappa shape index (κ2) is 10.4. The summed E-state index contributed by atoms with van der Waals surface area (Å²) in [5, 5.41) is 5.99. The molecule has 2 rings (SSSR count). The molecule has 25 heavy (non-hydrogen) atoms. The summed E-state index contributed by atoms with van der Waals surface area (Å²) in [7, 11) is 4.10. The third-order valence-electron chi connectivity index (χ3n) is 4.77. The van der Waals surface area contributed by atoms with Crippen LogP contribution < -0.4 is 10.6 Å². The maximum Gasteiger partial charge on any atom is 0.314 e. The van der Waals surface area contributed by atoms with E-state index in [9.17, 15) is 4.79 Å². The molecule has 1 aromatic rings. The minimum atomic E-state index is -0.0972. The fourth-order valence-corrected chi connectivity index (χ4v) is 2.98. The van der Waals surface area contributed by atoms with E-state index < -0.39 is 0 Å². The number of rotatable bonds is 8. The van der Waals surface area contributed by atoms with Gasteiger partial charge in [-0.3, -0.25) is 4.90 Å². The molecule has 0 spiro atoms. The smallest absolute Gasteiger partial charge is 0.314 e. The fourth-order valence-electron chi connectivity index (χ4n) is 2.98. The van der Waals surface area contributed by atoms with Crippen molar-refractivity contribution in [2.75, 3.05) is 53.5 Å². The van der Waals surface area contributed by atoms with Crippen molar-refractivity contribution in [3.63, 3.8) is 0 Å². The summed E-state index contributed by atoms with van der Waals surface area (Å²) in [5.41, 5.74) is 1.28. The van der Waals surface area contributed by atoms with Crippen LogP contribution in [0.2, 0.25) is 0 Å². The molecule has 2 N–H and O–H groups in total. The molecule has 0 aliphatic carbocycles. The van der Waals surface area contributed by atoms with Crippen molar-refractivity contribution < 1.29 is 9.53 Å². The van der Waals surface area contributed by atoms with Crippen LogP contribution in [0.25, 0.3) is 0 Å². The third kappa shape index (κ3) is 7.02. The van der Waals surface area contributed by atoms with Gasteiger partial charge in [0.1, 0.15) is 0 Å². The zero-order valence-corrected chi connectivity index (χ0v) is 15.7. The van der Waals surface area contributed by atoms with E-state index in [1.807, 2.05) is 20.2 Å². The van der Waals surface area contributed by atoms with Crippen LogP contribution in [0.1, 0.15) is 12.5 Å². The van der Waals surface area contributed by atoms with E-state index in [-0.39, 0.29) is 12.1 Å². The molecule has 1 heterocycles. The molecular weight excluding hydrogens is 316 g/mol. The number of carbonyl (C=O) groups is 1. The predicted molar refractivity (Wildman–Crippen MR) is 101 cm³/mol. The molecule has 0 radical (unpaired) electrons. The lowest BCUT2D eigenvalue weighted by Crippen LogP contribution is -2.50. The van der Waals surface area contributed by atoms with Gasteiger partial charge in [0.15, 0.2) is 0 Å². The predicted octanol–water partition coefficient (Wildman–Crippen LogP) is 1.18. The van der Waals surface area contributed by atoms with E-state index in [4.69, 9.17) is 4.74 Å². The number of carbonyl (C=O) groups excluding carboxylic acids is 1. The number of hydrogen-bond donors (Lipinski definition) is 2. The van der Waals surface area contributed by atoms with Gasteiger partial charge in [0.05, 0.1) is 13.2 Å². The molecular formula is C19H32N4O2. The van der Waals surface area contributed by atoms with Crippen LogP contribution in [-0.2, 0) is 11.2 Å². The molecule has 1 aromatic carbocycles. The van der Waals surface area contributed by atoms with Gasteiger partial charge in [-0.05, 0) is 33.0 Å². The second-order valence-electron chi connectivity index (χ2n) is 6.90. The van der Waals surface area contributed by atoms with Crippen molar-refractivity contribution in [2.45, 2.75) is 25.4 Å². The van der Waals surface area contributed by atoms with E-state index in [1.54, 1.807) is 0 Å². The second-order valence-corrected chi connectivity index (χ2v) is 6.90. The van der Waals surface area contributed by atoms with Gasteiger partial charge >= 0.3 is 6.03 Å². The Morgan fingerprint density at radius 1 is 1.16 bits per heavy atom. The van der Waals surface area contributed by atoms with E-state index in [0.717, 1.165) is 32.7 Å². The molecule has 1 aliphatic rings. The summed E-state index contributed by atoms with van der Waals surface area (Å²) >= 11 is 0. The lowest BCUT2D eigenvalue weighted by molar-refractivity contribution is 0.0209. The van der Waals surface area contributed by atoms with Crippen molar-refractivity contribution in [3.8, 4) is 0 Å². The zero-order chi connectivity index (χ0) is 18.1. The molecule has 1 saturated heterocycles. The number of nitrogens with one attached hydrogen (secondary N) is 2. The molecule has 2 unspecified atom stereocenters. The number of nitrogens with zero attached hydrogens (tertiary/aromatic N) is 2. The molecule has 6 nitrogen and oxygen atoms in total. The summed E-state index contributed by atoms with van der Waals surface area (Å²) in [6, 6.07) is 10.9. The number of likely N-dealkylation sites (N-methyl/N-ethyl adjacent to an activating group) is 1. The highest BCUT2D eigenvalue weighted by Gasteiger charge is 2.18.